The zero-order chi connectivity index (χ0) is 22.3. The van der Waals surface area contributed by atoms with E-state index < -0.39 is 23.7 Å². The van der Waals surface area contributed by atoms with Gasteiger partial charge >= 0.3 is 12.1 Å². The summed E-state index contributed by atoms with van der Waals surface area (Å²) in [6, 6.07) is 11.6. The highest BCUT2D eigenvalue weighted by Gasteiger charge is 2.26. The molecular weight excluding hydrogens is 388 g/mol. The third-order valence-electron chi connectivity index (χ3n) is 3.91. The molecular formula is C22H26N2O6. The lowest BCUT2D eigenvalue weighted by Gasteiger charge is -2.23. The van der Waals surface area contributed by atoms with Crippen LogP contribution in [0.3, 0.4) is 0 Å². The van der Waals surface area contributed by atoms with Gasteiger partial charge in [0.15, 0.2) is 5.78 Å². The van der Waals surface area contributed by atoms with Crippen molar-refractivity contribution in [3.05, 3.63) is 59.7 Å². The highest BCUT2D eigenvalue weighted by molar-refractivity contribution is 5.94. The fourth-order valence-electron chi connectivity index (χ4n) is 2.46. The molecule has 0 aliphatic rings. The number of ketones is 1. The molecule has 0 heterocycles. The van der Waals surface area contributed by atoms with Crippen molar-refractivity contribution in [3.63, 3.8) is 0 Å². The predicted octanol–water partition coefficient (Wildman–Crippen LogP) is 3.60. The molecule has 0 aliphatic heterocycles. The second-order valence-electron chi connectivity index (χ2n) is 7.73. The summed E-state index contributed by atoms with van der Waals surface area (Å²) in [5, 5.41) is 11.9. The zero-order valence-electron chi connectivity index (χ0n) is 17.4. The Bertz CT molecular complexity index is 885. The third-order valence-corrected chi connectivity index (χ3v) is 3.91. The van der Waals surface area contributed by atoms with Crippen LogP contribution in [-0.4, -0.2) is 34.6 Å². The monoisotopic (exact) mass is 414 g/mol. The topological polar surface area (TPSA) is 114 Å². The van der Waals surface area contributed by atoms with E-state index in [4.69, 9.17) is 9.57 Å². The molecule has 2 aromatic rings. The number of alkyl carbamates (subject to hydrolysis) is 1. The molecule has 0 bridgehead atoms. The van der Waals surface area contributed by atoms with Crippen LogP contribution in [0.15, 0.2) is 48.5 Å². The van der Waals surface area contributed by atoms with E-state index in [2.05, 4.69) is 10.8 Å². The van der Waals surface area contributed by atoms with Gasteiger partial charge in [0.05, 0.1) is 5.69 Å². The Morgan fingerprint density at radius 1 is 1.00 bits per heavy atom. The molecule has 1 amide bonds. The third kappa shape index (κ3) is 7.46. The molecule has 0 saturated heterocycles. The SMILES string of the molecule is CC(=O)c1ccc(NOC(=O)[C@H](Cc2ccc(O)cc2)NC(=O)OC(C)(C)C)cc1. The first-order chi connectivity index (χ1) is 14.0. The molecule has 2 rings (SSSR count). The molecule has 0 fully saturated rings. The van der Waals surface area contributed by atoms with E-state index >= 15 is 0 Å². The molecule has 1 atom stereocenters. The molecule has 30 heavy (non-hydrogen) atoms. The number of nitrogens with one attached hydrogen (secondary N) is 2. The molecule has 0 saturated carbocycles. The minimum absolute atomic E-state index is 0.0749. The van der Waals surface area contributed by atoms with E-state index in [-0.39, 0.29) is 18.0 Å². The highest BCUT2D eigenvalue weighted by Crippen LogP contribution is 2.14. The second-order valence-corrected chi connectivity index (χ2v) is 7.73. The predicted molar refractivity (Wildman–Crippen MR) is 111 cm³/mol. The largest absolute Gasteiger partial charge is 0.508 e. The van der Waals surface area contributed by atoms with E-state index in [0.29, 0.717) is 16.8 Å². The van der Waals surface area contributed by atoms with Crippen LogP contribution in [0.4, 0.5) is 10.5 Å². The Morgan fingerprint density at radius 2 is 1.60 bits per heavy atom. The van der Waals surface area contributed by atoms with Gasteiger partial charge in [-0.15, -0.1) is 0 Å². The van der Waals surface area contributed by atoms with Crippen molar-refractivity contribution in [1.29, 1.82) is 0 Å². The Kier molecular flexibility index (Phi) is 7.41. The first kappa shape index (κ1) is 22.7. The van der Waals surface area contributed by atoms with Crippen LogP contribution in [0.2, 0.25) is 0 Å². The van der Waals surface area contributed by atoms with Crippen LogP contribution in [-0.2, 0) is 20.8 Å². The van der Waals surface area contributed by atoms with Crippen LogP contribution in [0.5, 0.6) is 5.75 Å². The fourth-order valence-corrected chi connectivity index (χ4v) is 2.46. The summed E-state index contributed by atoms with van der Waals surface area (Å²) in [6.07, 6.45) is -0.627. The van der Waals surface area contributed by atoms with E-state index in [1.54, 1.807) is 57.2 Å². The average Bonchev–Trinajstić information content (AvgIpc) is 2.66. The number of anilines is 1. The molecule has 2 aromatic carbocycles. The number of rotatable bonds is 7. The molecule has 160 valence electrons. The van der Waals surface area contributed by atoms with E-state index in [0.717, 1.165) is 0 Å². The van der Waals surface area contributed by atoms with Gasteiger partial charge in [0.25, 0.3) is 0 Å². The zero-order valence-corrected chi connectivity index (χ0v) is 17.4. The Labute approximate surface area is 175 Å². The number of amides is 1. The molecule has 0 unspecified atom stereocenters. The number of carbonyl (C=O) groups excluding carboxylic acids is 3. The normalized spacial score (nSPS) is 11.9. The van der Waals surface area contributed by atoms with Crippen molar-refractivity contribution < 1.29 is 29.1 Å². The maximum absolute atomic E-state index is 12.6. The molecule has 0 aromatic heterocycles. The smallest absolute Gasteiger partial charge is 0.408 e. The van der Waals surface area contributed by atoms with Crippen LogP contribution in [0.1, 0.15) is 43.6 Å². The summed E-state index contributed by atoms with van der Waals surface area (Å²) < 4.78 is 5.22. The summed E-state index contributed by atoms with van der Waals surface area (Å²) in [4.78, 5) is 41.2. The van der Waals surface area contributed by atoms with Crippen molar-refractivity contribution in [2.45, 2.75) is 45.8 Å². The lowest BCUT2D eigenvalue weighted by atomic mass is 10.1. The number of phenolic OH excluding ortho intramolecular Hbond substituents is 1. The Balaban J connectivity index is 2.07. The molecule has 8 heteroatoms. The number of Topliss-reactive ketones (excluding diaryl/α,β-unsaturated/α-hetero) is 1. The van der Waals surface area contributed by atoms with Crippen molar-refractivity contribution in [2.75, 3.05) is 5.48 Å². The van der Waals surface area contributed by atoms with Gasteiger partial charge in [0.2, 0.25) is 0 Å². The van der Waals surface area contributed by atoms with Crippen LogP contribution in [0.25, 0.3) is 0 Å². The Hall–Kier alpha value is -3.55. The molecule has 3 N–H and O–H groups in total. The second kappa shape index (κ2) is 9.78. The number of ether oxygens (including phenoxy) is 1. The summed E-state index contributed by atoms with van der Waals surface area (Å²) >= 11 is 0. The standard InChI is InChI=1S/C22H26N2O6/c1-14(25)16-7-9-17(10-8-16)24-30-20(27)19(23-21(28)29-22(2,3)4)13-15-5-11-18(26)12-6-15/h5-12,19,24,26H,13H2,1-4H3,(H,23,28)/t19-/m0/s1. The molecule has 0 radical (unpaired) electrons. The molecule has 0 spiro atoms. The highest BCUT2D eigenvalue weighted by atomic mass is 16.7. The fraction of sp³-hybridized carbons (Fsp3) is 0.318. The maximum atomic E-state index is 12.6. The van der Waals surface area contributed by atoms with Crippen molar-refractivity contribution >= 4 is 23.5 Å². The van der Waals surface area contributed by atoms with Gasteiger partial charge in [-0.25, -0.2) is 15.1 Å². The van der Waals surface area contributed by atoms with E-state index in [9.17, 15) is 19.5 Å². The average molecular weight is 414 g/mol. The Morgan fingerprint density at radius 3 is 2.13 bits per heavy atom. The van der Waals surface area contributed by atoms with Gasteiger partial charge in [-0.2, -0.15) is 0 Å². The summed E-state index contributed by atoms with van der Waals surface area (Å²) in [7, 11) is 0. The summed E-state index contributed by atoms with van der Waals surface area (Å²) in [6.45, 7) is 6.60. The first-order valence-corrected chi connectivity index (χ1v) is 9.38. The van der Waals surface area contributed by atoms with Gasteiger partial charge in [0, 0.05) is 12.0 Å². The quantitative estimate of drug-likeness (QED) is 0.468. The number of benzene rings is 2. The lowest BCUT2D eigenvalue weighted by Crippen LogP contribution is -2.46. The molecule has 8 nitrogen and oxygen atoms in total. The number of carbonyl (C=O) groups is 3. The van der Waals surface area contributed by atoms with Gasteiger partial charge < -0.3 is 20.0 Å². The lowest BCUT2D eigenvalue weighted by molar-refractivity contribution is -0.143. The minimum Gasteiger partial charge on any atom is -0.508 e. The maximum Gasteiger partial charge on any atom is 0.408 e. The first-order valence-electron chi connectivity index (χ1n) is 9.38. The van der Waals surface area contributed by atoms with E-state index in [1.165, 1.54) is 19.1 Å². The van der Waals surface area contributed by atoms with Crippen molar-refractivity contribution in [3.8, 4) is 5.75 Å². The molecule has 0 aliphatic carbocycles. The van der Waals surface area contributed by atoms with Crippen LogP contribution in [0, 0.1) is 0 Å². The number of aromatic hydroxyl groups is 1. The number of phenols is 1. The number of hydrogen-bond acceptors (Lipinski definition) is 7. The van der Waals surface area contributed by atoms with Crippen molar-refractivity contribution in [2.24, 2.45) is 0 Å². The van der Waals surface area contributed by atoms with Crippen molar-refractivity contribution in [1.82, 2.24) is 5.32 Å². The van der Waals surface area contributed by atoms with Gasteiger partial charge in [-0.3, -0.25) is 4.79 Å². The minimum atomic E-state index is -1.03. The van der Waals surface area contributed by atoms with Crippen LogP contribution >= 0.6 is 0 Å². The summed E-state index contributed by atoms with van der Waals surface area (Å²) in [5.74, 6) is -0.715. The number of hydrogen-bond donors (Lipinski definition) is 3. The van der Waals surface area contributed by atoms with Gasteiger partial charge in [-0.05, 0) is 69.7 Å². The van der Waals surface area contributed by atoms with Crippen LogP contribution < -0.4 is 10.8 Å². The summed E-state index contributed by atoms with van der Waals surface area (Å²) in [5.41, 5.74) is 3.49. The van der Waals surface area contributed by atoms with Gasteiger partial charge in [-0.1, -0.05) is 12.1 Å². The van der Waals surface area contributed by atoms with Gasteiger partial charge in [0.1, 0.15) is 17.4 Å². The van der Waals surface area contributed by atoms with E-state index in [1.807, 2.05) is 0 Å².